The Morgan fingerprint density at radius 3 is 2.65 bits per heavy atom. The van der Waals surface area contributed by atoms with Gasteiger partial charge in [-0.05, 0) is 45.0 Å². The summed E-state index contributed by atoms with van der Waals surface area (Å²) in [5.41, 5.74) is 4.18. The van der Waals surface area contributed by atoms with Crippen molar-refractivity contribution in [2.45, 2.75) is 27.3 Å². The molecule has 1 amide bonds. The summed E-state index contributed by atoms with van der Waals surface area (Å²) >= 11 is 0. The lowest BCUT2D eigenvalue weighted by molar-refractivity contribution is -0.126. The van der Waals surface area contributed by atoms with Crippen LogP contribution in [0.5, 0.6) is 0 Å². The van der Waals surface area contributed by atoms with Gasteiger partial charge in [-0.25, -0.2) is 4.68 Å². The van der Waals surface area contributed by atoms with Gasteiger partial charge in [0.1, 0.15) is 0 Å². The maximum absolute atomic E-state index is 12.3. The van der Waals surface area contributed by atoms with Gasteiger partial charge in [-0.3, -0.25) is 4.79 Å². The number of para-hydroxylation sites is 1. The Bertz CT molecular complexity index is 689. The number of nitrogens with one attached hydrogen (secondary N) is 2. The summed E-state index contributed by atoms with van der Waals surface area (Å²) in [7, 11) is 0. The Morgan fingerprint density at radius 1 is 1.35 bits per heavy atom. The first-order chi connectivity index (χ1) is 11.1. The summed E-state index contributed by atoms with van der Waals surface area (Å²) in [6, 6.07) is 10.1. The summed E-state index contributed by atoms with van der Waals surface area (Å²) < 4.78 is 1.94. The standard InChI is InChI=1S/C18H24N4O/c1-12(15-9-19-10-15)18(23)20-11-17-13(2)21-22(14(17)3)16-7-5-4-6-8-16/h4-8,12,15,19H,9-11H2,1-3H3,(H,20,23). The minimum atomic E-state index is 0.0565. The van der Waals surface area contributed by atoms with Crippen LogP contribution in [0.2, 0.25) is 0 Å². The molecule has 5 heteroatoms. The minimum absolute atomic E-state index is 0.0565. The lowest BCUT2D eigenvalue weighted by Crippen LogP contribution is -2.49. The molecule has 2 heterocycles. The molecule has 1 aromatic carbocycles. The molecule has 23 heavy (non-hydrogen) atoms. The van der Waals surface area contributed by atoms with Crippen LogP contribution in [-0.2, 0) is 11.3 Å². The largest absolute Gasteiger partial charge is 0.352 e. The van der Waals surface area contributed by atoms with Crippen molar-refractivity contribution in [2.75, 3.05) is 13.1 Å². The number of hydrogen-bond acceptors (Lipinski definition) is 3. The lowest BCUT2D eigenvalue weighted by Gasteiger charge is -2.31. The van der Waals surface area contributed by atoms with E-state index in [0.29, 0.717) is 12.5 Å². The molecule has 2 aromatic rings. The second-order valence-electron chi connectivity index (χ2n) is 6.32. The van der Waals surface area contributed by atoms with Crippen molar-refractivity contribution < 1.29 is 4.79 Å². The van der Waals surface area contributed by atoms with E-state index in [9.17, 15) is 4.79 Å². The maximum Gasteiger partial charge on any atom is 0.223 e. The van der Waals surface area contributed by atoms with Crippen molar-refractivity contribution in [1.82, 2.24) is 20.4 Å². The average molecular weight is 312 g/mol. The Morgan fingerprint density at radius 2 is 2.04 bits per heavy atom. The predicted molar refractivity (Wildman–Crippen MR) is 90.4 cm³/mol. The van der Waals surface area contributed by atoms with E-state index in [-0.39, 0.29) is 11.8 Å². The van der Waals surface area contributed by atoms with Crippen molar-refractivity contribution in [3.8, 4) is 5.69 Å². The minimum Gasteiger partial charge on any atom is -0.352 e. The van der Waals surface area contributed by atoms with Crippen LogP contribution in [0.1, 0.15) is 23.9 Å². The van der Waals surface area contributed by atoms with E-state index in [0.717, 1.165) is 35.7 Å². The number of hydrogen-bond donors (Lipinski definition) is 2. The molecule has 2 N–H and O–H groups in total. The molecule has 122 valence electrons. The number of aryl methyl sites for hydroxylation is 1. The first-order valence-corrected chi connectivity index (χ1v) is 8.17. The van der Waals surface area contributed by atoms with Crippen LogP contribution in [0.3, 0.4) is 0 Å². The van der Waals surface area contributed by atoms with E-state index in [1.807, 2.05) is 55.8 Å². The highest BCUT2D eigenvalue weighted by molar-refractivity contribution is 5.78. The molecule has 1 unspecified atom stereocenters. The zero-order valence-electron chi connectivity index (χ0n) is 14.0. The molecule has 0 spiro atoms. The van der Waals surface area contributed by atoms with E-state index in [1.54, 1.807) is 0 Å². The first kappa shape index (κ1) is 15.7. The molecule has 1 atom stereocenters. The van der Waals surface area contributed by atoms with Crippen molar-refractivity contribution in [3.05, 3.63) is 47.3 Å². The number of carbonyl (C=O) groups excluding carboxylic acids is 1. The number of aromatic nitrogens is 2. The smallest absolute Gasteiger partial charge is 0.223 e. The third-order valence-electron chi connectivity index (χ3n) is 4.82. The summed E-state index contributed by atoms with van der Waals surface area (Å²) in [6.45, 7) is 8.47. The van der Waals surface area contributed by atoms with Crippen LogP contribution in [0.15, 0.2) is 30.3 Å². The van der Waals surface area contributed by atoms with Gasteiger partial charge in [0, 0.05) is 23.7 Å². The quantitative estimate of drug-likeness (QED) is 0.887. The fourth-order valence-corrected chi connectivity index (χ4v) is 2.97. The van der Waals surface area contributed by atoms with Crippen LogP contribution >= 0.6 is 0 Å². The first-order valence-electron chi connectivity index (χ1n) is 8.17. The Labute approximate surface area is 137 Å². The van der Waals surface area contributed by atoms with Crippen LogP contribution in [-0.4, -0.2) is 28.8 Å². The monoisotopic (exact) mass is 312 g/mol. The van der Waals surface area contributed by atoms with Gasteiger partial charge in [0.15, 0.2) is 0 Å². The number of rotatable bonds is 5. The van der Waals surface area contributed by atoms with Gasteiger partial charge in [0.25, 0.3) is 0 Å². The molecule has 0 aliphatic carbocycles. The number of amides is 1. The Hall–Kier alpha value is -2.14. The molecule has 1 aliphatic rings. The molecule has 3 rings (SSSR count). The summed E-state index contributed by atoms with van der Waals surface area (Å²) in [5.74, 6) is 0.646. The van der Waals surface area contributed by atoms with Crippen molar-refractivity contribution in [1.29, 1.82) is 0 Å². The zero-order chi connectivity index (χ0) is 16.4. The zero-order valence-corrected chi connectivity index (χ0v) is 14.0. The van der Waals surface area contributed by atoms with Crippen LogP contribution in [0.4, 0.5) is 0 Å². The van der Waals surface area contributed by atoms with Crippen molar-refractivity contribution >= 4 is 5.91 Å². The average Bonchev–Trinajstić information content (AvgIpc) is 2.79. The van der Waals surface area contributed by atoms with Crippen molar-refractivity contribution in [2.24, 2.45) is 11.8 Å². The van der Waals surface area contributed by atoms with E-state index < -0.39 is 0 Å². The highest BCUT2D eigenvalue weighted by Crippen LogP contribution is 2.19. The molecular weight excluding hydrogens is 288 g/mol. The van der Waals surface area contributed by atoms with E-state index in [4.69, 9.17) is 0 Å². The van der Waals surface area contributed by atoms with E-state index >= 15 is 0 Å². The third kappa shape index (κ3) is 3.15. The molecule has 1 aromatic heterocycles. The number of nitrogens with zero attached hydrogens (tertiary/aromatic N) is 2. The normalized spacial score (nSPS) is 16.0. The van der Waals surface area contributed by atoms with Gasteiger partial charge in [-0.2, -0.15) is 5.10 Å². The number of benzene rings is 1. The molecule has 1 fully saturated rings. The second-order valence-corrected chi connectivity index (χ2v) is 6.32. The van der Waals surface area contributed by atoms with Gasteiger partial charge in [0.2, 0.25) is 5.91 Å². The molecule has 0 bridgehead atoms. The Kier molecular flexibility index (Phi) is 4.48. The molecule has 1 aliphatic heterocycles. The lowest BCUT2D eigenvalue weighted by atomic mass is 9.88. The van der Waals surface area contributed by atoms with Gasteiger partial charge in [0.05, 0.1) is 11.4 Å². The molecule has 1 saturated heterocycles. The Balaban J connectivity index is 1.71. The second kappa shape index (κ2) is 6.54. The SMILES string of the molecule is Cc1nn(-c2ccccc2)c(C)c1CNC(=O)C(C)C1CNC1. The molecular formula is C18H24N4O. The van der Waals surface area contributed by atoms with E-state index in [1.165, 1.54) is 0 Å². The van der Waals surface area contributed by atoms with E-state index in [2.05, 4.69) is 15.7 Å². The maximum atomic E-state index is 12.3. The van der Waals surface area contributed by atoms with Crippen LogP contribution in [0.25, 0.3) is 5.69 Å². The summed E-state index contributed by atoms with van der Waals surface area (Å²) in [5, 5.41) is 10.9. The fraction of sp³-hybridized carbons (Fsp3) is 0.444. The summed E-state index contributed by atoms with van der Waals surface area (Å²) in [6.07, 6.45) is 0. The van der Waals surface area contributed by atoms with Crippen LogP contribution in [0, 0.1) is 25.7 Å². The third-order valence-corrected chi connectivity index (χ3v) is 4.82. The molecule has 5 nitrogen and oxygen atoms in total. The molecule has 0 saturated carbocycles. The van der Waals surface area contributed by atoms with Crippen molar-refractivity contribution in [3.63, 3.8) is 0 Å². The topological polar surface area (TPSA) is 59.0 Å². The predicted octanol–water partition coefficient (Wildman–Crippen LogP) is 1.96. The van der Waals surface area contributed by atoms with Crippen LogP contribution < -0.4 is 10.6 Å². The van der Waals surface area contributed by atoms with Gasteiger partial charge >= 0.3 is 0 Å². The number of carbonyl (C=O) groups is 1. The summed E-state index contributed by atoms with van der Waals surface area (Å²) in [4.78, 5) is 12.3. The molecule has 0 radical (unpaired) electrons. The fourth-order valence-electron chi connectivity index (χ4n) is 2.97. The van der Waals surface area contributed by atoms with Gasteiger partial charge in [-0.1, -0.05) is 25.1 Å². The highest BCUT2D eigenvalue weighted by atomic mass is 16.1. The highest BCUT2D eigenvalue weighted by Gasteiger charge is 2.28. The van der Waals surface area contributed by atoms with Gasteiger partial charge < -0.3 is 10.6 Å². The van der Waals surface area contributed by atoms with Gasteiger partial charge in [-0.15, -0.1) is 0 Å².